The Morgan fingerprint density at radius 3 is 2.65 bits per heavy atom. The lowest BCUT2D eigenvalue weighted by atomic mass is 10.2. The van der Waals surface area contributed by atoms with Crippen molar-refractivity contribution in [1.82, 2.24) is 0 Å². The fraction of sp³-hybridized carbons (Fsp3) is 0.0625. The van der Waals surface area contributed by atoms with Gasteiger partial charge in [0.25, 0.3) is 0 Å². The van der Waals surface area contributed by atoms with Crippen LogP contribution in [0.4, 0.5) is 5.69 Å². The Labute approximate surface area is 116 Å². The average Bonchev–Trinajstić information content (AvgIpc) is 2.84. The van der Waals surface area contributed by atoms with Crippen LogP contribution in [-0.2, 0) is 6.61 Å². The van der Waals surface area contributed by atoms with E-state index >= 15 is 0 Å². The molecule has 0 aliphatic carbocycles. The number of furan rings is 1. The fourth-order valence-corrected chi connectivity index (χ4v) is 2.05. The average molecular weight is 264 g/mol. The maximum atomic E-state index is 9.12. The Morgan fingerprint density at radius 1 is 1.10 bits per heavy atom. The molecule has 0 aliphatic heterocycles. The minimum atomic E-state index is 0.181. The summed E-state index contributed by atoms with van der Waals surface area (Å²) in [4.78, 5) is 0. The molecule has 1 heterocycles. The summed E-state index contributed by atoms with van der Waals surface area (Å²) in [6.07, 6.45) is 0. The topological polar surface area (TPSA) is 72.2 Å². The van der Waals surface area contributed by atoms with Crippen LogP contribution >= 0.6 is 0 Å². The van der Waals surface area contributed by atoms with Crippen LogP contribution in [0.15, 0.2) is 52.9 Å². The molecular formula is C16H12N2O2. The van der Waals surface area contributed by atoms with Crippen LogP contribution in [0.5, 0.6) is 5.75 Å². The Hall–Kier alpha value is -2.93. The smallest absolute Gasteiger partial charge is 0.246 e. The van der Waals surface area contributed by atoms with Crippen molar-refractivity contribution in [2.45, 2.75) is 6.61 Å². The van der Waals surface area contributed by atoms with Crippen LogP contribution in [0, 0.1) is 11.3 Å². The van der Waals surface area contributed by atoms with Crippen molar-refractivity contribution in [1.29, 1.82) is 5.26 Å². The number of hydrogen-bond donors (Lipinski definition) is 1. The van der Waals surface area contributed by atoms with E-state index in [4.69, 9.17) is 20.1 Å². The molecule has 3 rings (SSSR count). The predicted molar refractivity (Wildman–Crippen MR) is 76.1 cm³/mol. The molecule has 3 aromatic rings. The van der Waals surface area contributed by atoms with E-state index in [-0.39, 0.29) is 5.76 Å². The molecule has 0 aliphatic rings. The first-order chi connectivity index (χ1) is 9.79. The second-order valence-corrected chi connectivity index (χ2v) is 4.36. The Balaban J connectivity index is 1.95. The van der Waals surface area contributed by atoms with Gasteiger partial charge in [-0.05, 0) is 18.2 Å². The van der Waals surface area contributed by atoms with E-state index in [0.717, 1.165) is 10.9 Å². The molecule has 2 aromatic carbocycles. The van der Waals surface area contributed by atoms with Gasteiger partial charge in [-0.1, -0.05) is 30.3 Å². The van der Waals surface area contributed by atoms with Crippen molar-refractivity contribution in [2.24, 2.45) is 0 Å². The van der Waals surface area contributed by atoms with Gasteiger partial charge in [-0.3, -0.25) is 0 Å². The minimum absolute atomic E-state index is 0.181. The first kappa shape index (κ1) is 12.1. The van der Waals surface area contributed by atoms with E-state index in [1.807, 2.05) is 48.5 Å². The van der Waals surface area contributed by atoms with E-state index in [1.165, 1.54) is 0 Å². The lowest BCUT2D eigenvalue weighted by Gasteiger charge is -2.07. The predicted octanol–water partition coefficient (Wildman–Crippen LogP) is 3.47. The van der Waals surface area contributed by atoms with Crippen molar-refractivity contribution < 1.29 is 9.15 Å². The maximum Gasteiger partial charge on any atom is 0.246 e. The quantitative estimate of drug-likeness (QED) is 0.735. The van der Waals surface area contributed by atoms with Gasteiger partial charge in [0, 0.05) is 11.3 Å². The van der Waals surface area contributed by atoms with E-state index in [2.05, 4.69) is 0 Å². The zero-order valence-electron chi connectivity index (χ0n) is 10.7. The highest BCUT2D eigenvalue weighted by atomic mass is 16.5. The molecule has 20 heavy (non-hydrogen) atoms. The number of fused-ring (bicyclic) bond motifs is 1. The number of rotatable bonds is 3. The standard InChI is InChI=1S/C16H12N2O2/c17-9-15-16(12-6-2-4-8-14(12)20-15)19-10-11-5-1-3-7-13(11)18/h1-8H,10,18H2. The molecule has 98 valence electrons. The zero-order valence-corrected chi connectivity index (χ0v) is 10.7. The molecule has 1 aromatic heterocycles. The van der Waals surface area contributed by atoms with Gasteiger partial charge in [-0.15, -0.1) is 0 Å². The normalized spacial score (nSPS) is 10.3. The first-order valence-corrected chi connectivity index (χ1v) is 6.17. The van der Waals surface area contributed by atoms with Crippen LogP contribution in [-0.4, -0.2) is 0 Å². The molecule has 0 saturated carbocycles. The summed E-state index contributed by atoms with van der Waals surface area (Å²) in [5, 5.41) is 9.91. The van der Waals surface area contributed by atoms with Gasteiger partial charge in [-0.25, -0.2) is 0 Å². The van der Waals surface area contributed by atoms with Crippen molar-refractivity contribution in [3.8, 4) is 11.8 Å². The van der Waals surface area contributed by atoms with Gasteiger partial charge in [0.1, 0.15) is 18.3 Å². The van der Waals surface area contributed by atoms with Gasteiger partial charge in [0.2, 0.25) is 5.76 Å². The summed E-state index contributed by atoms with van der Waals surface area (Å²) >= 11 is 0. The van der Waals surface area contributed by atoms with Crippen LogP contribution in [0.25, 0.3) is 11.0 Å². The summed E-state index contributed by atoms with van der Waals surface area (Å²) in [7, 11) is 0. The lowest BCUT2D eigenvalue weighted by molar-refractivity contribution is 0.304. The van der Waals surface area contributed by atoms with Gasteiger partial charge in [0.05, 0.1) is 5.39 Å². The number of para-hydroxylation sites is 2. The molecule has 4 heteroatoms. The highest BCUT2D eigenvalue weighted by molar-refractivity contribution is 5.86. The molecule has 4 nitrogen and oxygen atoms in total. The molecule has 0 bridgehead atoms. The Bertz CT molecular complexity index is 800. The first-order valence-electron chi connectivity index (χ1n) is 6.17. The summed E-state index contributed by atoms with van der Waals surface area (Å²) in [6.45, 7) is 0.297. The number of anilines is 1. The summed E-state index contributed by atoms with van der Waals surface area (Å²) in [5.74, 6) is 0.645. The number of nitrogen functional groups attached to an aromatic ring is 1. The molecule has 0 saturated heterocycles. The highest BCUT2D eigenvalue weighted by Crippen LogP contribution is 2.33. The molecule has 0 radical (unpaired) electrons. The van der Waals surface area contributed by atoms with Crippen molar-refractivity contribution in [3.63, 3.8) is 0 Å². The van der Waals surface area contributed by atoms with Gasteiger partial charge >= 0.3 is 0 Å². The SMILES string of the molecule is N#Cc1oc2ccccc2c1OCc1ccccc1N. The molecule has 2 N–H and O–H groups in total. The van der Waals surface area contributed by atoms with Gasteiger partial charge < -0.3 is 14.9 Å². The molecule has 0 atom stereocenters. The lowest BCUT2D eigenvalue weighted by Crippen LogP contribution is -2.00. The number of nitriles is 1. The largest absolute Gasteiger partial charge is 0.483 e. The van der Waals surface area contributed by atoms with E-state index in [0.29, 0.717) is 23.6 Å². The van der Waals surface area contributed by atoms with E-state index in [1.54, 1.807) is 6.07 Å². The van der Waals surface area contributed by atoms with E-state index < -0.39 is 0 Å². The Morgan fingerprint density at radius 2 is 1.85 bits per heavy atom. The number of nitrogens with zero attached hydrogens (tertiary/aromatic N) is 1. The number of ether oxygens (including phenoxy) is 1. The van der Waals surface area contributed by atoms with Crippen LogP contribution in [0.2, 0.25) is 0 Å². The minimum Gasteiger partial charge on any atom is -0.483 e. The maximum absolute atomic E-state index is 9.12. The number of hydrogen-bond acceptors (Lipinski definition) is 4. The fourth-order valence-electron chi connectivity index (χ4n) is 2.05. The monoisotopic (exact) mass is 264 g/mol. The van der Waals surface area contributed by atoms with Crippen LogP contribution in [0.1, 0.15) is 11.3 Å². The van der Waals surface area contributed by atoms with Crippen molar-refractivity contribution >= 4 is 16.7 Å². The highest BCUT2D eigenvalue weighted by Gasteiger charge is 2.15. The van der Waals surface area contributed by atoms with E-state index in [9.17, 15) is 0 Å². The molecule has 0 unspecified atom stereocenters. The number of benzene rings is 2. The summed E-state index contributed by atoms with van der Waals surface area (Å²) < 4.78 is 11.2. The second kappa shape index (κ2) is 4.98. The third kappa shape index (κ3) is 2.06. The molecule has 0 amide bonds. The van der Waals surface area contributed by atoms with Gasteiger partial charge in [0.15, 0.2) is 5.75 Å². The van der Waals surface area contributed by atoms with Crippen LogP contribution in [0.3, 0.4) is 0 Å². The summed E-state index contributed by atoms with van der Waals surface area (Å²) in [6, 6.07) is 16.9. The summed E-state index contributed by atoms with van der Waals surface area (Å²) in [5.41, 5.74) is 8.06. The molecule has 0 spiro atoms. The second-order valence-electron chi connectivity index (χ2n) is 4.36. The third-order valence-corrected chi connectivity index (χ3v) is 3.08. The molecular weight excluding hydrogens is 252 g/mol. The Kier molecular flexibility index (Phi) is 3.02. The third-order valence-electron chi connectivity index (χ3n) is 3.08. The van der Waals surface area contributed by atoms with Crippen molar-refractivity contribution in [3.05, 3.63) is 59.9 Å². The number of nitrogens with two attached hydrogens (primary N) is 1. The van der Waals surface area contributed by atoms with Crippen molar-refractivity contribution in [2.75, 3.05) is 5.73 Å². The zero-order chi connectivity index (χ0) is 13.9. The van der Waals surface area contributed by atoms with Crippen LogP contribution < -0.4 is 10.5 Å². The molecule has 0 fully saturated rings. The van der Waals surface area contributed by atoms with Gasteiger partial charge in [-0.2, -0.15) is 5.26 Å².